The second-order valence-corrected chi connectivity index (χ2v) is 7.59. The molecule has 1 aliphatic carbocycles. The summed E-state index contributed by atoms with van der Waals surface area (Å²) in [4.78, 5) is 63.7. The summed E-state index contributed by atoms with van der Waals surface area (Å²) < 4.78 is 5.09. The van der Waals surface area contributed by atoms with E-state index >= 15 is 0 Å². The summed E-state index contributed by atoms with van der Waals surface area (Å²) in [7, 11) is 0. The number of amides is 6. The van der Waals surface area contributed by atoms with Crippen molar-refractivity contribution in [3.05, 3.63) is 35.4 Å². The van der Waals surface area contributed by atoms with Crippen molar-refractivity contribution in [2.24, 2.45) is 0 Å². The summed E-state index contributed by atoms with van der Waals surface area (Å²) in [5.74, 6) is -2.07. The predicted molar refractivity (Wildman–Crippen MR) is 102 cm³/mol. The highest BCUT2D eigenvalue weighted by Crippen LogP contribution is 2.39. The molecule has 1 aromatic carbocycles. The van der Waals surface area contributed by atoms with Crippen LogP contribution in [0.1, 0.15) is 30.9 Å². The number of fused-ring (bicyclic) bond motifs is 2. The first-order valence-corrected chi connectivity index (χ1v) is 9.84. The fourth-order valence-corrected chi connectivity index (χ4v) is 4.27. The van der Waals surface area contributed by atoms with E-state index in [9.17, 15) is 24.0 Å². The third kappa shape index (κ3) is 3.17. The Labute approximate surface area is 172 Å². The van der Waals surface area contributed by atoms with E-state index in [0.717, 1.165) is 33.8 Å². The molecule has 2 aliphatic heterocycles. The second kappa shape index (κ2) is 7.43. The van der Waals surface area contributed by atoms with Gasteiger partial charge in [0.15, 0.2) is 6.10 Å². The van der Waals surface area contributed by atoms with Crippen molar-refractivity contribution in [2.45, 2.75) is 37.8 Å². The highest BCUT2D eigenvalue weighted by molar-refractivity contribution is 6.09. The van der Waals surface area contributed by atoms with Gasteiger partial charge >= 0.3 is 18.0 Å². The van der Waals surface area contributed by atoms with Crippen LogP contribution in [0.2, 0.25) is 0 Å². The number of aryl methyl sites for hydroxylation is 1. The fourth-order valence-electron chi connectivity index (χ4n) is 4.27. The molecule has 4 rings (SSSR count). The molecule has 0 saturated carbocycles. The molecular weight excluding hydrogens is 392 g/mol. The number of carbonyl (C=O) groups excluding carboxylic acids is 5. The molecule has 1 spiro atoms. The minimum absolute atomic E-state index is 0.189. The maximum absolute atomic E-state index is 13.2. The monoisotopic (exact) mass is 414 g/mol. The Kier molecular flexibility index (Phi) is 4.92. The topological polar surface area (TPSA) is 125 Å². The zero-order valence-corrected chi connectivity index (χ0v) is 16.5. The Balaban J connectivity index is 1.45. The summed E-state index contributed by atoms with van der Waals surface area (Å²) in [6, 6.07) is 6.21. The SMILES string of the molecule is C[C@@H](OC(=O)CN1C(=O)N[C@@]2(CCCc3ccccc32)C1=O)C(=O)N1CCNC1=O. The van der Waals surface area contributed by atoms with Crippen molar-refractivity contribution in [1.29, 1.82) is 0 Å². The van der Waals surface area contributed by atoms with Crippen molar-refractivity contribution in [3.8, 4) is 0 Å². The lowest BCUT2D eigenvalue weighted by atomic mass is 9.76. The smallest absolute Gasteiger partial charge is 0.327 e. The quantitative estimate of drug-likeness (QED) is 0.538. The molecule has 2 N–H and O–H groups in total. The van der Waals surface area contributed by atoms with Gasteiger partial charge in [0.05, 0.1) is 0 Å². The Morgan fingerprint density at radius 1 is 1.20 bits per heavy atom. The van der Waals surface area contributed by atoms with Crippen molar-refractivity contribution < 1.29 is 28.7 Å². The number of imide groups is 2. The largest absolute Gasteiger partial charge is 0.451 e. The van der Waals surface area contributed by atoms with Gasteiger partial charge in [0.2, 0.25) is 0 Å². The molecule has 2 heterocycles. The Morgan fingerprint density at radius 2 is 1.97 bits per heavy atom. The molecule has 0 radical (unpaired) electrons. The van der Waals surface area contributed by atoms with Gasteiger partial charge in [-0.2, -0.15) is 0 Å². The van der Waals surface area contributed by atoms with Crippen molar-refractivity contribution in [2.75, 3.05) is 19.6 Å². The van der Waals surface area contributed by atoms with E-state index < -0.39 is 48.0 Å². The standard InChI is InChI=1S/C20H22N4O6/c1-12(16(26)23-10-9-21-18(23)28)30-15(25)11-24-17(27)20(22-19(24)29)8-4-6-13-5-2-3-7-14(13)20/h2-3,5,7,12H,4,6,8-11H2,1H3,(H,21,28)(H,22,29)/t12-,20-/m1/s1. The van der Waals surface area contributed by atoms with Crippen LogP contribution < -0.4 is 10.6 Å². The Hall–Kier alpha value is -3.43. The maximum atomic E-state index is 13.2. The summed E-state index contributed by atoms with van der Waals surface area (Å²) in [6.45, 7) is 1.25. The number of nitrogens with one attached hydrogen (secondary N) is 2. The van der Waals surface area contributed by atoms with E-state index in [-0.39, 0.29) is 6.54 Å². The predicted octanol–water partition coefficient (Wildman–Crippen LogP) is 0.254. The lowest BCUT2D eigenvalue weighted by Gasteiger charge is -2.33. The molecule has 6 amide bonds. The molecule has 2 fully saturated rings. The van der Waals surface area contributed by atoms with E-state index in [0.29, 0.717) is 13.0 Å². The van der Waals surface area contributed by atoms with Gasteiger partial charge in [-0.15, -0.1) is 0 Å². The van der Waals surface area contributed by atoms with Gasteiger partial charge < -0.3 is 15.4 Å². The van der Waals surface area contributed by atoms with Gasteiger partial charge in [-0.3, -0.25) is 24.2 Å². The lowest BCUT2D eigenvalue weighted by molar-refractivity contribution is -0.159. The molecule has 1 aromatic rings. The molecule has 10 nitrogen and oxygen atoms in total. The number of hydrogen-bond donors (Lipinski definition) is 2. The third-order valence-corrected chi connectivity index (χ3v) is 5.72. The molecule has 2 atom stereocenters. The second-order valence-electron chi connectivity index (χ2n) is 7.59. The molecule has 30 heavy (non-hydrogen) atoms. The number of ether oxygens (including phenoxy) is 1. The first-order chi connectivity index (χ1) is 14.3. The molecule has 3 aliphatic rings. The van der Waals surface area contributed by atoms with Crippen LogP contribution in [0.3, 0.4) is 0 Å². The summed E-state index contributed by atoms with van der Waals surface area (Å²) >= 11 is 0. The Bertz CT molecular complexity index is 947. The number of nitrogens with zero attached hydrogens (tertiary/aromatic N) is 2. The summed E-state index contributed by atoms with van der Waals surface area (Å²) in [5, 5.41) is 5.25. The minimum atomic E-state index is -1.22. The van der Waals surface area contributed by atoms with Crippen molar-refractivity contribution in [1.82, 2.24) is 20.4 Å². The first kappa shape index (κ1) is 19.9. The van der Waals surface area contributed by atoms with Crippen LogP contribution in [0.4, 0.5) is 9.59 Å². The van der Waals surface area contributed by atoms with E-state index in [1.165, 1.54) is 6.92 Å². The normalized spacial score (nSPS) is 23.8. The van der Waals surface area contributed by atoms with Crippen molar-refractivity contribution in [3.63, 3.8) is 0 Å². The van der Waals surface area contributed by atoms with Crippen LogP contribution in [-0.4, -0.2) is 65.4 Å². The van der Waals surface area contributed by atoms with Gasteiger partial charge in [-0.25, -0.2) is 9.59 Å². The number of hydrogen-bond acceptors (Lipinski definition) is 6. The molecule has 0 unspecified atom stereocenters. The number of benzene rings is 1. The molecule has 10 heteroatoms. The minimum Gasteiger partial charge on any atom is -0.451 e. The zero-order chi connectivity index (χ0) is 21.5. The van der Waals surface area contributed by atoms with Gasteiger partial charge in [0.25, 0.3) is 11.8 Å². The van der Waals surface area contributed by atoms with Crippen LogP contribution >= 0.6 is 0 Å². The third-order valence-electron chi connectivity index (χ3n) is 5.72. The lowest BCUT2D eigenvalue weighted by Crippen LogP contribution is -2.47. The average Bonchev–Trinajstić information content (AvgIpc) is 3.25. The average molecular weight is 414 g/mol. The molecule has 158 valence electrons. The van der Waals surface area contributed by atoms with Gasteiger partial charge in [-0.1, -0.05) is 24.3 Å². The number of rotatable bonds is 4. The van der Waals surface area contributed by atoms with Crippen LogP contribution in [0.15, 0.2) is 24.3 Å². The summed E-state index contributed by atoms with van der Waals surface area (Å²) in [6.07, 6.45) is 0.767. The highest BCUT2D eigenvalue weighted by Gasteiger charge is 2.54. The summed E-state index contributed by atoms with van der Waals surface area (Å²) in [5.41, 5.74) is 0.556. The van der Waals surface area contributed by atoms with Crippen LogP contribution in [0.5, 0.6) is 0 Å². The molecule has 0 aromatic heterocycles. The number of esters is 1. The van der Waals surface area contributed by atoms with E-state index in [4.69, 9.17) is 4.74 Å². The van der Waals surface area contributed by atoms with Crippen molar-refractivity contribution >= 4 is 29.8 Å². The number of carbonyl (C=O) groups is 5. The molecule has 2 saturated heterocycles. The van der Waals surface area contributed by atoms with E-state index in [2.05, 4.69) is 10.6 Å². The van der Waals surface area contributed by atoms with Gasteiger partial charge in [0, 0.05) is 13.1 Å². The zero-order valence-electron chi connectivity index (χ0n) is 16.5. The van der Waals surface area contributed by atoms with Gasteiger partial charge in [-0.05, 0) is 37.3 Å². The van der Waals surface area contributed by atoms with Crippen LogP contribution in [0.25, 0.3) is 0 Å². The maximum Gasteiger partial charge on any atom is 0.327 e. The molecule has 0 bridgehead atoms. The van der Waals surface area contributed by atoms with Crippen LogP contribution in [-0.2, 0) is 31.1 Å². The fraction of sp³-hybridized carbons (Fsp3) is 0.450. The van der Waals surface area contributed by atoms with E-state index in [1.54, 1.807) is 0 Å². The van der Waals surface area contributed by atoms with Crippen LogP contribution in [0, 0.1) is 0 Å². The number of urea groups is 2. The van der Waals surface area contributed by atoms with E-state index in [1.807, 2.05) is 24.3 Å². The molecular formula is C20H22N4O6. The highest BCUT2D eigenvalue weighted by atomic mass is 16.5. The van der Waals surface area contributed by atoms with Gasteiger partial charge in [0.1, 0.15) is 12.1 Å². The first-order valence-electron chi connectivity index (χ1n) is 9.84. The Morgan fingerprint density at radius 3 is 2.70 bits per heavy atom.